The summed E-state index contributed by atoms with van der Waals surface area (Å²) in [6.45, 7) is 0. The van der Waals surface area contributed by atoms with E-state index in [9.17, 15) is 4.79 Å². The summed E-state index contributed by atoms with van der Waals surface area (Å²) >= 11 is 0. The van der Waals surface area contributed by atoms with Gasteiger partial charge in [0.05, 0.1) is 27.2 Å². The van der Waals surface area contributed by atoms with Crippen molar-refractivity contribution in [3.63, 3.8) is 0 Å². The molecule has 0 spiro atoms. The number of carbonyl (C=O) groups excluding carboxylic acids is 1. The lowest BCUT2D eigenvalue weighted by Crippen LogP contribution is -2.16. The van der Waals surface area contributed by atoms with Gasteiger partial charge in [0.25, 0.3) is 0 Å². The Hall–Kier alpha value is -2.49. The van der Waals surface area contributed by atoms with Gasteiger partial charge in [-0.25, -0.2) is 0 Å². The van der Waals surface area contributed by atoms with Crippen LogP contribution in [-0.2, 0) is 16.0 Å². The number of carbonyl (C=O) groups is 1. The highest BCUT2D eigenvalue weighted by molar-refractivity contribution is 5.78. The number of hydrogen-bond donors (Lipinski definition) is 0. The third-order valence-electron chi connectivity index (χ3n) is 3.60. The van der Waals surface area contributed by atoms with Gasteiger partial charge in [-0.1, -0.05) is 24.3 Å². The molecule has 2 aromatic rings. The highest BCUT2D eigenvalue weighted by atomic mass is 16.5. The monoisotopic (exact) mass is 300 g/mol. The Bertz CT molecular complexity index is 602. The van der Waals surface area contributed by atoms with E-state index in [2.05, 4.69) is 0 Å². The molecular weight excluding hydrogens is 280 g/mol. The van der Waals surface area contributed by atoms with Crippen molar-refractivity contribution in [2.75, 3.05) is 21.3 Å². The summed E-state index contributed by atoms with van der Waals surface area (Å²) in [7, 11) is 4.65. The highest BCUT2D eigenvalue weighted by Crippen LogP contribution is 2.25. The first-order valence-electron chi connectivity index (χ1n) is 7.02. The molecule has 0 N–H and O–H groups in total. The van der Waals surface area contributed by atoms with Crippen LogP contribution in [0.15, 0.2) is 48.5 Å². The third kappa shape index (κ3) is 3.79. The van der Waals surface area contributed by atoms with Crippen LogP contribution in [0.25, 0.3) is 0 Å². The van der Waals surface area contributed by atoms with E-state index in [1.807, 2.05) is 48.5 Å². The van der Waals surface area contributed by atoms with Gasteiger partial charge in [0.2, 0.25) is 0 Å². The molecule has 2 aromatic carbocycles. The lowest BCUT2D eigenvalue weighted by atomic mass is 9.92. The van der Waals surface area contributed by atoms with Gasteiger partial charge in [-0.2, -0.15) is 0 Å². The average Bonchev–Trinajstić information content (AvgIpc) is 2.59. The molecule has 0 bridgehead atoms. The van der Waals surface area contributed by atoms with Crippen LogP contribution < -0.4 is 9.47 Å². The lowest BCUT2D eigenvalue weighted by Gasteiger charge is -2.16. The Morgan fingerprint density at radius 3 is 1.82 bits per heavy atom. The van der Waals surface area contributed by atoms with Crippen LogP contribution in [0.5, 0.6) is 11.5 Å². The molecule has 0 amide bonds. The molecule has 1 atom stereocenters. The molecular formula is C18H20O4. The first-order chi connectivity index (χ1) is 10.7. The second-order valence-corrected chi connectivity index (χ2v) is 4.90. The first kappa shape index (κ1) is 15.9. The molecule has 22 heavy (non-hydrogen) atoms. The van der Waals surface area contributed by atoms with E-state index in [0.717, 1.165) is 22.6 Å². The number of methoxy groups -OCH3 is 3. The summed E-state index contributed by atoms with van der Waals surface area (Å²) in [4.78, 5) is 12.1. The minimum absolute atomic E-state index is 0.249. The van der Waals surface area contributed by atoms with E-state index in [4.69, 9.17) is 14.2 Å². The van der Waals surface area contributed by atoms with Crippen molar-refractivity contribution >= 4 is 5.97 Å². The summed E-state index contributed by atoms with van der Waals surface area (Å²) in [5.41, 5.74) is 1.95. The minimum Gasteiger partial charge on any atom is -0.497 e. The molecule has 0 radical (unpaired) electrons. The zero-order valence-corrected chi connectivity index (χ0v) is 13.0. The molecule has 0 unspecified atom stereocenters. The SMILES string of the molecule is COC(=O)[C@H](Cc1ccc(OC)cc1)c1ccc(OC)cc1. The van der Waals surface area contributed by atoms with Gasteiger partial charge in [-0.3, -0.25) is 4.79 Å². The van der Waals surface area contributed by atoms with E-state index < -0.39 is 0 Å². The van der Waals surface area contributed by atoms with Gasteiger partial charge in [0, 0.05) is 0 Å². The maximum Gasteiger partial charge on any atom is 0.313 e. The number of esters is 1. The fraction of sp³-hybridized carbons (Fsp3) is 0.278. The smallest absolute Gasteiger partial charge is 0.313 e. The van der Waals surface area contributed by atoms with Gasteiger partial charge < -0.3 is 14.2 Å². The Morgan fingerprint density at radius 2 is 1.36 bits per heavy atom. The Kier molecular flexibility index (Phi) is 5.42. The van der Waals surface area contributed by atoms with Crippen molar-refractivity contribution in [2.24, 2.45) is 0 Å². The summed E-state index contributed by atoms with van der Waals surface area (Å²) in [5, 5.41) is 0. The average molecular weight is 300 g/mol. The normalized spacial score (nSPS) is 11.6. The van der Waals surface area contributed by atoms with Crippen LogP contribution in [0.4, 0.5) is 0 Å². The number of ether oxygens (including phenoxy) is 3. The topological polar surface area (TPSA) is 44.8 Å². The molecule has 0 aliphatic heterocycles. The van der Waals surface area contributed by atoms with Crippen LogP contribution >= 0.6 is 0 Å². The third-order valence-corrected chi connectivity index (χ3v) is 3.60. The van der Waals surface area contributed by atoms with Crippen molar-refractivity contribution in [2.45, 2.75) is 12.3 Å². The van der Waals surface area contributed by atoms with Crippen LogP contribution in [-0.4, -0.2) is 27.3 Å². The van der Waals surface area contributed by atoms with Gasteiger partial charge in [0.15, 0.2) is 0 Å². The highest BCUT2D eigenvalue weighted by Gasteiger charge is 2.22. The summed E-state index contributed by atoms with van der Waals surface area (Å²) in [6, 6.07) is 15.2. The van der Waals surface area contributed by atoms with Gasteiger partial charge >= 0.3 is 5.97 Å². The lowest BCUT2D eigenvalue weighted by molar-refractivity contribution is -0.142. The fourth-order valence-electron chi connectivity index (χ4n) is 2.31. The van der Waals surface area contributed by atoms with Crippen LogP contribution in [0.2, 0.25) is 0 Å². The number of rotatable bonds is 6. The molecule has 0 heterocycles. The molecule has 0 saturated heterocycles. The zero-order chi connectivity index (χ0) is 15.9. The number of hydrogen-bond acceptors (Lipinski definition) is 4. The largest absolute Gasteiger partial charge is 0.497 e. The van der Waals surface area contributed by atoms with Crippen LogP contribution in [0.3, 0.4) is 0 Å². The maximum atomic E-state index is 12.1. The maximum absolute atomic E-state index is 12.1. The van der Waals surface area contributed by atoms with Gasteiger partial charge in [-0.15, -0.1) is 0 Å². The minimum atomic E-state index is -0.343. The van der Waals surface area contributed by atoms with Crippen LogP contribution in [0, 0.1) is 0 Å². The van der Waals surface area contributed by atoms with E-state index in [1.165, 1.54) is 7.11 Å². The predicted molar refractivity (Wildman–Crippen MR) is 84.4 cm³/mol. The Balaban J connectivity index is 2.22. The molecule has 116 valence electrons. The Morgan fingerprint density at radius 1 is 0.864 bits per heavy atom. The van der Waals surface area contributed by atoms with E-state index in [-0.39, 0.29) is 11.9 Å². The molecule has 0 aliphatic rings. The molecule has 4 nitrogen and oxygen atoms in total. The predicted octanol–water partition coefficient (Wildman–Crippen LogP) is 3.20. The fourth-order valence-corrected chi connectivity index (χ4v) is 2.31. The second-order valence-electron chi connectivity index (χ2n) is 4.90. The summed E-state index contributed by atoms with van der Waals surface area (Å²) < 4.78 is 15.2. The van der Waals surface area contributed by atoms with Crippen molar-refractivity contribution in [3.05, 3.63) is 59.7 Å². The second kappa shape index (κ2) is 7.50. The zero-order valence-electron chi connectivity index (χ0n) is 13.0. The number of benzene rings is 2. The molecule has 0 saturated carbocycles. The standard InChI is InChI=1S/C18H20O4/c1-20-15-8-4-13(5-9-15)12-17(18(19)22-3)14-6-10-16(21-2)11-7-14/h4-11,17H,12H2,1-3H3/t17-/m1/s1. The van der Waals surface area contributed by atoms with Crippen LogP contribution in [0.1, 0.15) is 17.0 Å². The van der Waals surface area contributed by atoms with E-state index >= 15 is 0 Å². The molecule has 2 rings (SSSR count). The van der Waals surface area contributed by atoms with Crippen molar-refractivity contribution < 1.29 is 19.0 Å². The van der Waals surface area contributed by atoms with Crippen molar-refractivity contribution in [3.8, 4) is 11.5 Å². The summed E-state index contributed by atoms with van der Waals surface area (Å²) in [5.74, 6) is 0.963. The first-order valence-corrected chi connectivity index (χ1v) is 7.02. The van der Waals surface area contributed by atoms with E-state index in [1.54, 1.807) is 14.2 Å². The molecule has 0 aliphatic carbocycles. The quantitative estimate of drug-likeness (QED) is 0.769. The van der Waals surface area contributed by atoms with Gasteiger partial charge in [-0.05, 0) is 41.8 Å². The molecule has 0 aromatic heterocycles. The van der Waals surface area contributed by atoms with E-state index in [0.29, 0.717) is 6.42 Å². The summed E-state index contributed by atoms with van der Waals surface area (Å²) in [6.07, 6.45) is 0.572. The van der Waals surface area contributed by atoms with Crippen molar-refractivity contribution in [1.29, 1.82) is 0 Å². The van der Waals surface area contributed by atoms with Gasteiger partial charge in [0.1, 0.15) is 11.5 Å². The molecule has 0 fully saturated rings. The van der Waals surface area contributed by atoms with Crippen molar-refractivity contribution in [1.82, 2.24) is 0 Å². The Labute approximate surface area is 130 Å². The molecule has 4 heteroatoms.